The van der Waals surface area contributed by atoms with Gasteiger partial charge in [-0.05, 0) is 18.8 Å². The summed E-state index contributed by atoms with van der Waals surface area (Å²) >= 11 is 0. The Morgan fingerprint density at radius 3 is 2.33 bits per heavy atom. The molecule has 0 saturated carbocycles. The molecular weight excluding hydrogens is 264 g/mol. The van der Waals surface area contributed by atoms with E-state index >= 15 is 0 Å². The summed E-state index contributed by atoms with van der Waals surface area (Å²) in [7, 11) is 1.72. The minimum Gasteiger partial charge on any atom is -0.356 e. The van der Waals surface area contributed by atoms with Gasteiger partial charge in [-0.2, -0.15) is 0 Å². The molecule has 0 aromatic rings. The highest BCUT2D eigenvalue weighted by molar-refractivity contribution is 5.86. The van der Waals surface area contributed by atoms with Crippen LogP contribution in [0, 0.1) is 5.92 Å². The molecule has 0 spiro atoms. The van der Waals surface area contributed by atoms with E-state index in [1.54, 1.807) is 7.05 Å². The van der Waals surface area contributed by atoms with Crippen LogP contribution in [0.2, 0.25) is 0 Å². The maximum atomic E-state index is 11.5. The topological polar surface area (TPSA) is 65.5 Å². The van der Waals surface area contributed by atoms with Crippen LogP contribution < -0.4 is 16.0 Å². The lowest BCUT2D eigenvalue weighted by atomic mass is 10.0. The van der Waals surface area contributed by atoms with Gasteiger partial charge in [-0.15, -0.1) is 0 Å². The molecule has 0 unspecified atom stereocenters. The predicted octanol–water partition coefficient (Wildman–Crippen LogP) is 2.28. The average Bonchev–Trinajstić information content (AvgIpc) is 2.46. The first-order chi connectivity index (χ1) is 10.1. The van der Waals surface area contributed by atoms with E-state index in [4.69, 9.17) is 0 Å². The van der Waals surface area contributed by atoms with Crippen molar-refractivity contribution in [2.24, 2.45) is 10.9 Å². The first kappa shape index (κ1) is 19.7. The van der Waals surface area contributed by atoms with Crippen LogP contribution in [0.4, 0.5) is 0 Å². The minimum atomic E-state index is 0.00786. The Kier molecular flexibility index (Phi) is 12.9. The van der Waals surface area contributed by atoms with Crippen LogP contribution in [0.15, 0.2) is 4.99 Å². The fourth-order valence-corrected chi connectivity index (χ4v) is 1.95. The Labute approximate surface area is 130 Å². The SMILES string of the molecule is CCCNC(=O)CNC(=NC)NCCCCCCC(C)C. The molecule has 0 aliphatic heterocycles. The van der Waals surface area contributed by atoms with E-state index in [1.807, 2.05) is 6.92 Å². The predicted molar refractivity (Wildman–Crippen MR) is 90.6 cm³/mol. The summed E-state index contributed by atoms with van der Waals surface area (Å²) in [4.78, 5) is 15.6. The molecule has 21 heavy (non-hydrogen) atoms. The van der Waals surface area contributed by atoms with Gasteiger partial charge < -0.3 is 16.0 Å². The molecule has 124 valence electrons. The number of aliphatic imine (C=N–C) groups is 1. The van der Waals surface area contributed by atoms with Crippen molar-refractivity contribution in [3.63, 3.8) is 0 Å². The van der Waals surface area contributed by atoms with Crippen molar-refractivity contribution < 1.29 is 4.79 Å². The monoisotopic (exact) mass is 298 g/mol. The molecule has 0 radical (unpaired) electrons. The second-order valence-corrected chi connectivity index (χ2v) is 5.80. The van der Waals surface area contributed by atoms with Gasteiger partial charge in [0, 0.05) is 20.1 Å². The Morgan fingerprint density at radius 1 is 1.00 bits per heavy atom. The van der Waals surface area contributed by atoms with Gasteiger partial charge in [0.2, 0.25) is 5.91 Å². The first-order valence-corrected chi connectivity index (χ1v) is 8.31. The third-order valence-electron chi connectivity index (χ3n) is 3.21. The summed E-state index contributed by atoms with van der Waals surface area (Å²) in [6, 6.07) is 0. The molecule has 0 bridgehead atoms. The van der Waals surface area contributed by atoms with Crippen LogP contribution in [-0.2, 0) is 4.79 Å². The van der Waals surface area contributed by atoms with Crippen LogP contribution in [0.5, 0.6) is 0 Å². The smallest absolute Gasteiger partial charge is 0.239 e. The number of nitrogens with one attached hydrogen (secondary N) is 3. The van der Waals surface area contributed by atoms with E-state index in [0.717, 1.165) is 31.8 Å². The molecule has 1 amide bonds. The molecular formula is C16H34N4O. The molecule has 0 aliphatic rings. The van der Waals surface area contributed by atoms with Gasteiger partial charge in [-0.1, -0.05) is 46.5 Å². The molecule has 5 nitrogen and oxygen atoms in total. The number of guanidine groups is 1. The van der Waals surface area contributed by atoms with Gasteiger partial charge in [-0.3, -0.25) is 9.79 Å². The van der Waals surface area contributed by atoms with Gasteiger partial charge in [-0.25, -0.2) is 0 Å². The van der Waals surface area contributed by atoms with Crippen LogP contribution in [0.25, 0.3) is 0 Å². The van der Waals surface area contributed by atoms with Crippen molar-refractivity contribution in [2.75, 3.05) is 26.7 Å². The minimum absolute atomic E-state index is 0.00786. The summed E-state index contributed by atoms with van der Waals surface area (Å²) in [6.07, 6.45) is 7.28. The van der Waals surface area contributed by atoms with Gasteiger partial charge in [0.25, 0.3) is 0 Å². The number of carbonyl (C=O) groups is 1. The third kappa shape index (κ3) is 13.5. The Morgan fingerprint density at radius 2 is 1.71 bits per heavy atom. The van der Waals surface area contributed by atoms with Crippen LogP contribution in [0.1, 0.15) is 59.3 Å². The zero-order chi connectivity index (χ0) is 15.9. The summed E-state index contributed by atoms with van der Waals surface area (Å²) in [5.74, 6) is 1.52. The second kappa shape index (κ2) is 13.7. The van der Waals surface area contributed by atoms with E-state index in [1.165, 1.54) is 25.7 Å². The maximum Gasteiger partial charge on any atom is 0.239 e. The lowest BCUT2D eigenvalue weighted by Gasteiger charge is -2.11. The summed E-state index contributed by atoms with van der Waals surface area (Å²) < 4.78 is 0. The maximum absolute atomic E-state index is 11.5. The molecule has 3 N–H and O–H groups in total. The van der Waals surface area contributed by atoms with Crippen LogP contribution in [0.3, 0.4) is 0 Å². The summed E-state index contributed by atoms with van der Waals surface area (Å²) in [5.41, 5.74) is 0. The van der Waals surface area contributed by atoms with Gasteiger partial charge in [0.05, 0.1) is 6.54 Å². The molecule has 0 fully saturated rings. The number of amides is 1. The highest BCUT2D eigenvalue weighted by Gasteiger charge is 2.02. The van der Waals surface area contributed by atoms with Crippen molar-refractivity contribution in [1.82, 2.24) is 16.0 Å². The first-order valence-electron chi connectivity index (χ1n) is 8.31. The fraction of sp³-hybridized carbons (Fsp3) is 0.875. The van der Waals surface area contributed by atoms with Crippen molar-refractivity contribution in [1.29, 1.82) is 0 Å². The highest BCUT2D eigenvalue weighted by atomic mass is 16.1. The van der Waals surface area contributed by atoms with Gasteiger partial charge in [0.1, 0.15) is 0 Å². The van der Waals surface area contributed by atoms with Crippen LogP contribution >= 0.6 is 0 Å². The summed E-state index contributed by atoms with van der Waals surface area (Å²) in [6.45, 7) is 8.48. The number of hydrogen-bond donors (Lipinski definition) is 3. The Hall–Kier alpha value is -1.26. The van der Waals surface area contributed by atoms with Crippen LogP contribution in [-0.4, -0.2) is 38.5 Å². The summed E-state index contributed by atoms with van der Waals surface area (Å²) in [5, 5.41) is 9.09. The Balaban J connectivity index is 3.56. The van der Waals surface area contributed by atoms with E-state index < -0.39 is 0 Å². The molecule has 0 aromatic heterocycles. The quantitative estimate of drug-likeness (QED) is 0.311. The van der Waals surface area contributed by atoms with Crippen molar-refractivity contribution in [3.05, 3.63) is 0 Å². The van der Waals surface area contributed by atoms with E-state index in [9.17, 15) is 4.79 Å². The largest absolute Gasteiger partial charge is 0.356 e. The van der Waals surface area contributed by atoms with Gasteiger partial charge in [0.15, 0.2) is 5.96 Å². The van der Waals surface area contributed by atoms with Crippen molar-refractivity contribution >= 4 is 11.9 Å². The molecule has 0 aromatic carbocycles. The van der Waals surface area contributed by atoms with E-state index in [-0.39, 0.29) is 12.5 Å². The number of rotatable bonds is 11. The zero-order valence-corrected chi connectivity index (χ0v) is 14.3. The molecule has 0 heterocycles. The molecule has 0 atom stereocenters. The van der Waals surface area contributed by atoms with E-state index in [0.29, 0.717) is 5.96 Å². The number of carbonyl (C=O) groups excluding carboxylic acids is 1. The highest BCUT2D eigenvalue weighted by Crippen LogP contribution is 2.08. The standard InChI is InChI=1S/C16H34N4O/c1-5-11-18-15(21)13-20-16(17-4)19-12-9-7-6-8-10-14(2)3/h14H,5-13H2,1-4H3,(H,18,21)(H2,17,19,20). The van der Waals surface area contributed by atoms with Crippen molar-refractivity contribution in [2.45, 2.75) is 59.3 Å². The molecule has 0 aliphatic carbocycles. The molecule has 5 heteroatoms. The zero-order valence-electron chi connectivity index (χ0n) is 14.3. The molecule has 0 saturated heterocycles. The van der Waals surface area contributed by atoms with Crippen molar-refractivity contribution in [3.8, 4) is 0 Å². The number of nitrogens with zero attached hydrogens (tertiary/aromatic N) is 1. The Bertz CT molecular complexity index is 290. The lowest BCUT2D eigenvalue weighted by Crippen LogP contribution is -2.43. The third-order valence-corrected chi connectivity index (χ3v) is 3.21. The normalized spacial score (nSPS) is 11.6. The average molecular weight is 298 g/mol. The lowest BCUT2D eigenvalue weighted by molar-refractivity contribution is -0.120. The number of unbranched alkanes of at least 4 members (excludes halogenated alkanes) is 3. The number of hydrogen-bond acceptors (Lipinski definition) is 2. The van der Waals surface area contributed by atoms with Gasteiger partial charge >= 0.3 is 0 Å². The van der Waals surface area contributed by atoms with E-state index in [2.05, 4.69) is 34.8 Å². The second-order valence-electron chi connectivity index (χ2n) is 5.80. The molecule has 0 rings (SSSR count). The fourth-order valence-electron chi connectivity index (χ4n) is 1.95.